The molecule has 0 aromatic heterocycles. The summed E-state index contributed by atoms with van der Waals surface area (Å²) in [5.74, 6) is 0.225. The monoisotopic (exact) mass is 374 g/mol. The van der Waals surface area contributed by atoms with Gasteiger partial charge >= 0.3 is 6.09 Å². The van der Waals surface area contributed by atoms with Gasteiger partial charge in [0.25, 0.3) is 0 Å². The molecule has 2 aliphatic rings. The SMILES string of the molecule is CC(C)(C)OC(=O)N1CCC2(CCC(CO)C2N)CC1.CC(C)(C)S. The first-order chi connectivity index (χ1) is 11.3. The van der Waals surface area contributed by atoms with Crippen molar-refractivity contribution in [1.29, 1.82) is 0 Å². The first-order valence-corrected chi connectivity index (χ1v) is 9.79. The van der Waals surface area contributed by atoms with Gasteiger partial charge in [-0.25, -0.2) is 4.79 Å². The number of nitrogens with two attached hydrogens (primary N) is 1. The molecule has 5 nitrogen and oxygen atoms in total. The number of hydrogen-bond acceptors (Lipinski definition) is 5. The number of carbonyl (C=O) groups excluding carboxylic acids is 1. The Labute approximate surface area is 159 Å². The highest BCUT2D eigenvalue weighted by atomic mass is 32.1. The molecule has 1 aliphatic carbocycles. The molecule has 0 radical (unpaired) electrons. The summed E-state index contributed by atoms with van der Waals surface area (Å²) < 4.78 is 5.61. The van der Waals surface area contributed by atoms with Crippen LogP contribution in [0.15, 0.2) is 0 Å². The lowest BCUT2D eigenvalue weighted by molar-refractivity contribution is 0.00745. The summed E-state index contributed by atoms with van der Waals surface area (Å²) in [7, 11) is 0. The number of piperidine rings is 1. The van der Waals surface area contributed by atoms with Crippen LogP contribution in [0.3, 0.4) is 0 Å². The predicted molar refractivity (Wildman–Crippen MR) is 106 cm³/mol. The van der Waals surface area contributed by atoms with E-state index in [0.717, 1.165) is 25.7 Å². The predicted octanol–water partition coefficient (Wildman–Crippen LogP) is 3.45. The third-order valence-corrected chi connectivity index (χ3v) is 4.87. The van der Waals surface area contributed by atoms with Gasteiger partial charge in [0.15, 0.2) is 0 Å². The van der Waals surface area contributed by atoms with Crippen LogP contribution in [0.1, 0.15) is 67.2 Å². The maximum absolute atomic E-state index is 12.1. The Kier molecular flexibility index (Phi) is 7.67. The average Bonchev–Trinajstić information content (AvgIpc) is 2.73. The Hall–Kier alpha value is -0.460. The Bertz CT molecular complexity index is 429. The smallest absolute Gasteiger partial charge is 0.410 e. The quantitative estimate of drug-likeness (QED) is 0.615. The van der Waals surface area contributed by atoms with E-state index in [1.807, 2.05) is 20.8 Å². The van der Waals surface area contributed by atoms with Crippen molar-refractivity contribution < 1.29 is 14.6 Å². The zero-order chi connectivity index (χ0) is 19.5. The minimum atomic E-state index is -0.446. The molecule has 1 heterocycles. The number of likely N-dealkylation sites (tertiary alicyclic amines) is 1. The van der Waals surface area contributed by atoms with Crippen LogP contribution in [0.5, 0.6) is 0 Å². The topological polar surface area (TPSA) is 75.8 Å². The third-order valence-electron chi connectivity index (χ3n) is 4.87. The molecule has 2 atom stereocenters. The van der Waals surface area contributed by atoms with Gasteiger partial charge in [0.2, 0.25) is 0 Å². The normalized spacial score (nSPS) is 26.2. The molecule has 3 N–H and O–H groups in total. The minimum absolute atomic E-state index is 0.0632. The van der Waals surface area contributed by atoms with Crippen molar-refractivity contribution in [3.05, 3.63) is 0 Å². The van der Waals surface area contributed by atoms with Gasteiger partial charge in [0.05, 0.1) is 0 Å². The van der Waals surface area contributed by atoms with Gasteiger partial charge in [-0.1, -0.05) is 20.8 Å². The number of aliphatic hydroxyl groups is 1. The molecule has 0 aromatic rings. The fourth-order valence-electron chi connectivity index (χ4n) is 3.57. The van der Waals surface area contributed by atoms with Crippen molar-refractivity contribution in [2.45, 2.75) is 83.6 Å². The summed E-state index contributed by atoms with van der Waals surface area (Å²) in [4.78, 5) is 13.8. The van der Waals surface area contributed by atoms with Gasteiger partial charge in [-0.3, -0.25) is 0 Å². The number of carbonyl (C=O) groups is 1. The number of thiol groups is 1. The van der Waals surface area contributed by atoms with E-state index < -0.39 is 5.60 Å². The van der Waals surface area contributed by atoms with Crippen LogP contribution in [0.2, 0.25) is 0 Å². The first-order valence-electron chi connectivity index (χ1n) is 9.34. The number of rotatable bonds is 1. The van der Waals surface area contributed by atoms with Gasteiger partial charge in [-0.15, -0.1) is 0 Å². The van der Waals surface area contributed by atoms with Crippen LogP contribution in [-0.2, 0) is 4.74 Å². The van der Waals surface area contributed by atoms with Crippen LogP contribution in [0, 0.1) is 11.3 Å². The first kappa shape index (κ1) is 22.6. The van der Waals surface area contributed by atoms with Gasteiger partial charge in [0.1, 0.15) is 5.60 Å². The summed E-state index contributed by atoms with van der Waals surface area (Å²) in [6.45, 7) is 13.4. The second-order valence-electron chi connectivity index (χ2n) is 9.51. The second kappa shape index (κ2) is 8.49. The number of ether oxygens (including phenoxy) is 1. The lowest BCUT2D eigenvalue weighted by atomic mass is 9.73. The van der Waals surface area contributed by atoms with Crippen LogP contribution < -0.4 is 5.73 Å². The lowest BCUT2D eigenvalue weighted by Gasteiger charge is -2.42. The van der Waals surface area contributed by atoms with Gasteiger partial charge < -0.3 is 20.5 Å². The van der Waals surface area contributed by atoms with E-state index in [9.17, 15) is 9.90 Å². The maximum atomic E-state index is 12.1. The molecule has 1 spiro atoms. The van der Waals surface area contributed by atoms with E-state index in [2.05, 4.69) is 33.4 Å². The maximum Gasteiger partial charge on any atom is 0.410 e. The van der Waals surface area contributed by atoms with Crippen molar-refractivity contribution in [1.82, 2.24) is 4.90 Å². The Morgan fingerprint density at radius 2 is 1.68 bits per heavy atom. The molecule has 2 unspecified atom stereocenters. The van der Waals surface area contributed by atoms with Crippen LogP contribution in [-0.4, -0.2) is 52.2 Å². The van der Waals surface area contributed by atoms with Crippen molar-refractivity contribution in [3.63, 3.8) is 0 Å². The number of hydrogen-bond donors (Lipinski definition) is 3. The Morgan fingerprint density at radius 1 is 1.20 bits per heavy atom. The molecule has 0 bridgehead atoms. The second-order valence-corrected chi connectivity index (χ2v) is 10.8. The van der Waals surface area contributed by atoms with E-state index in [1.165, 1.54) is 0 Å². The molecule has 1 saturated heterocycles. The number of amides is 1. The molecular formula is C19H38N2O3S. The zero-order valence-electron chi connectivity index (χ0n) is 16.8. The highest BCUT2D eigenvalue weighted by molar-refractivity contribution is 7.81. The fraction of sp³-hybridized carbons (Fsp3) is 0.947. The summed E-state index contributed by atoms with van der Waals surface area (Å²) >= 11 is 4.12. The highest BCUT2D eigenvalue weighted by Crippen LogP contribution is 2.48. The van der Waals surface area contributed by atoms with Crippen molar-refractivity contribution in [2.24, 2.45) is 17.1 Å². The molecule has 1 amide bonds. The van der Waals surface area contributed by atoms with E-state index in [1.54, 1.807) is 4.90 Å². The number of nitrogens with zero attached hydrogens (tertiary/aromatic N) is 1. The Balaban J connectivity index is 0.000000550. The molecule has 148 valence electrons. The molecule has 1 aliphatic heterocycles. The fourth-order valence-corrected chi connectivity index (χ4v) is 3.57. The highest BCUT2D eigenvalue weighted by Gasteiger charge is 2.48. The third kappa shape index (κ3) is 7.35. The van der Waals surface area contributed by atoms with Gasteiger partial charge in [-0.05, 0) is 57.8 Å². The molecule has 1 saturated carbocycles. The molecule has 0 aromatic carbocycles. The molecule has 2 rings (SSSR count). The average molecular weight is 375 g/mol. The van der Waals surface area contributed by atoms with E-state index in [4.69, 9.17) is 10.5 Å². The lowest BCUT2D eigenvalue weighted by Crippen LogP contribution is -2.51. The molecule has 6 heteroatoms. The summed E-state index contributed by atoms with van der Waals surface area (Å²) in [6, 6.07) is 0.0632. The van der Waals surface area contributed by atoms with Crippen molar-refractivity contribution >= 4 is 18.7 Å². The standard InChI is InChI=1S/C15H28N2O3.C4H10S/c1-14(2,3)20-13(19)17-8-6-15(7-9-17)5-4-11(10-18)12(15)16;1-4(2,3)5/h11-12,18H,4-10,16H2,1-3H3;5H,1-3H3. The molecule has 25 heavy (non-hydrogen) atoms. The molecular weight excluding hydrogens is 336 g/mol. The van der Waals surface area contributed by atoms with Crippen LogP contribution in [0.4, 0.5) is 4.79 Å². The summed E-state index contributed by atoms with van der Waals surface area (Å²) in [6.07, 6.45) is 3.69. The number of aliphatic hydroxyl groups excluding tert-OH is 1. The zero-order valence-corrected chi connectivity index (χ0v) is 17.7. The van der Waals surface area contributed by atoms with E-state index in [-0.39, 0.29) is 34.8 Å². The Morgan fingerprint density at radius 3 is 2.04 bits per heavy atom. The van der Waals surface area contributed by atoms with Crippen LogP contribution >= 0.6 is 12.6 Å². The van der Waals surface area contributed by atoms with Gasteiger partial charge in [-0.2, -0.15) is 12.6 Å². The summed E-state index contributed by atoms with van der Waals surface area (Å²) in [5, 5.41) is 9.35. The summed E-state index contributed by atoms with van der Waals surface area (Å²) in [5.41, 5.74) is 6.00. The van der Waals surface area contributed by atoms with Gasteiger partial charge in [0, 0.05) is 30.5 Å². The minimum Gasteiger partial charge on any atom is -0.444 e. The van der Waals surface area contributed by atoms with Crippen molar-refractivity contribution in [2.75, 3.05) is 19.7 Å². The largest absolute Gasteiger partial charge is 0.444 e. The van der Waals surface area contributed by atoms with Crippen LogP contribution in [0.25, 0.3) is 0 Å². The van der Waals surface area contributed by atoms with Crippen molar-refractivity contribution in [3.8, 4) is 0 Å². The van der Waals surface area contributed by atoms with E-state index >= 15 is 0 Å². The van der Waals surface area contributed by atoms with E-state index in [0.29, 0.717) is 13.1 Å². The molecule has 2 fully saturated rings.